The van der Waals surface area contributed by atoms with E-state index in [2.05, 4.69) is 83.7 Å². The van der Waals surface area contributed by atoms with Crippen molar-refractivity contribution >= 4 is 82.2 Å². The van der Waals surface area contributed by atoms with Gasteiger partial charge < -0.3 is 59.7 Å². The Morgan fingerprint density at radius 1 is 0.358 bits per heavy atom. The van der Waals surface area contributed by atoms with Gasteiger partial charge in [0.1, 0.15) is 16.9 Å². The smallest absolute Gasteiger partial charge is 0.225 e. The van der Waals surface area contributed by atoms with Crippen molar-refractivity contribution in [2.45, 2.75) is 343 Å². The molecule has 596 valence electrons. The number of aliphatic hydroxyl groups excluding tert-OH is 3. The highest BCUT2D eigenvalue weighted by Crippen LogP contribution is 2.46. The lowest BCUT2D eigenvalue weighted by Crippen LogP contribution is -2.41. The van der Waals surface area contributed by atoms with Gasteiger partial charge in [-0.05, 0) is 226 Å². The van der Waals surface area contributed by atoms with Crippen LogP contribution in [-0.4, -0.2) is 167 Å². The van der Waals surface area contributed by atoms with Gasteiger partial charge in [0.05, 0.1) is 18.3 Å². The zero-order chi connectivity index (χ0) is 73.9. The van der Waals surface area contributed by atoms with Gasteiger partial charge in [0.2, 0.25) is 35.6 Å². The summed E-state index contributed by atoms with van der Waals surface area (Å²) in [7, 11) is 0. The molecule has 3 saturated heterocycles. The third-order valence-corrected chi connectivity index (χ3v) is 28.9. The Hall–Kier alpha value is -6.10. The molecule has 0 bridgehead atoms. The van der Waals surface area contributed by atoms with Crippen LogP contribution < -0.4 is 16.0 Å². The van der Waals surface area contributed by atoms with Crippen molar-refractivity contribution in [1.82, 2.24) is 58.3 Å². The fourth-order valence-electron chi connectivity index (χ4n) is 21.4. The summed E-state index contributed by atoms with van der Waals surface area (Å²) in [6.45, 7) is 11.9. The molecule has 9 heterocycles. The molecule has 6 aromatic rings. The second kappa shape index (κ2) is 35.5. The van der Waals surface area contributed by atoms with E-state index >= 15 is 0 Å². The quantitative estimate of drug-likeness (QED) is 0.0468. The number of hydrogen-bond donors (Lipinski definition) is 6. The summed E-state index contributed by atoms with van der Waals surface area (Å²) in [6.07, 6.45) is 54.7. The summed E-state index contributed by atoms with van der Waals surface area (Å²) in [6, 6.07) is 2.66. The Kier molecular flexibility index (Phi) is 25.5. The van der Waals surface area contributed by atoms with E-state index in [1.165, 1.54) is 129 Å². The van der Waals surface area contributed by atoms with Crippen LogP contribution >= 0.6 is 13.5 Å². The van der Waals surface area contributed by atoms with Crippen LogP contribution in [0.25, 0.3) is 33.1 Å². The van der Waals surface area contributed by atoms with Gasteiger partial charge >= 0.3 is 0 Å². The molecule has 3 aliphatic heterocycles. The van der Waals surface area contributed by atoms with Gasteiger partial charge in [-0.25, -0.2) is 15.0 Å². The number of carbonyl (C=O) groups is 3. The minimum atomic E-state index is -0.165. The number of amides is 3. The number of carbonyl (C=O) groups excluding carboxylic acids is 3. The van der Waals surface area contributed by atoms with E-state index in [4.69, 9.17) is 29.9 Å². The number of aromatic nitrogens is 9. The van der Waals surface area contributed by atoms with Gasteiger partial charge in [-0.1, -0.05) is 97.8 Å². The first kappa shape index (κ1) is 78.2. The lowest BCUT2D eigenvalue weighted by molar-refractivity contribution is -0.138. The van der Waals surface area contributed by atoms with Crippen LogP contribution in [0.1, 0.15) is 324 Å². The van der Waals surface area contributed by atoms with E-state index in [1.54, 1.807) is 0 Å². The molecule has 9 aliphatic carbocycles. The fourth-order valence-corrected chi connectivity index (χ4v) is 21.4. The Balaban J connectivity index is 0.000000130. The standard InChI is InChI=1S/3C29H43N5O2.H2S/c3*1-2-19-16-26(19)31-29-30-17-24-25(18-34(27(24)32-29)22-8-10-23(35)11-9-22)20-12-14-33(15-13-20)28(36)21-6-4-3-5-7-21;/h3*17-23,26,35H,2-16H2,1H3,(H,30,31,32);1H2/t3*19-,22?,23?,26-;/m100./s1. The number of piperidine rings is 3. The number of fused-ring (bicyclic) bond motifs is 3. The van der Waals surface area contributed by atoms with Crippen LogP contribution in [0.2, 0.25) is 0 Å². The summed E-state index contributed by atoms with van der Waals surface area (Å²) in [5.41, 5.74) is 7.18. The first-order chi connectivity index (χ1) is 52.8. The number of anilines is 3. The maximum atomic E-state index is 13.1. The summed E-state index contributed by atoms with van der Waals surface area (Å²) >= 11 is 0. The second-order valence-corrected chi connectivity index (χ2v) is 35.9. The molecule has 109 heavy (non-hydrogen) atoms. The largest absolute Gasteiger partial charge is 0.393 e. The fraction of sp³-hybridized carbons (Fsp3) is 0.759. The van der Waals surface area contributed by atoms with E-state index in [1.807, 2.05) is 18.6 Å². The number of nitrogens with one attached hydrogen (secondary N) is 3. The molecule has 0 unspecified atom stereocenters. The van der Waals surface area contributed by atoms with Crippen LogP contribution in [0, 0.1) is 35.5 Å². The third-order valence-electron chi connectivity index (χ3n) is 28.9. The summed E-state index contributed by atoms with van der Waals surface area (Å²) in [5.74, 6) is 7.78. The van der Waals surface area contributed by atoms with Crippen molar-refractivity contribution in [3.05, 3.63) is 53.9 Å². The summed E-state index contributed by atoms with van der Waals surface area (Å²) in [5, 5.41) is 44.5. The van der Waals surface area contributed by atoms with Crippen LogP contribution in [0.3, 0.4) is 0 Å². The van der Waals surface area contributed by atoms with Gasteiger partial charge in [-0.3, -0.25) is 14.4 Å². The topological polar surface area (TPSA) is 250 Å². The summed E-state index contributed by atoms with van der Waals surface area (Å²) in [4.78, 5) is 75.1. The average Bonchev–Trinajstić information content (AvgIpc) is 1.62. The molecule has 6 atom stereocenters. The number of rotatable bonds is 18. The molecule has 3 amide bonds. The summed E-state index contributed by atoms with van der Waals surface area (Å²) < 4.78 is 7.19. The predicted octanol–water partition coefficient (Wildman–Crippen LogP) is 16.3. The van der Waals surface area contributed by atoms with E-state index in [0.29, 0.717) is 71.7 Å². The Labute approximate surface area is 654 Å². The van der Waals surface area contributed by atoms with Gasteiger partial charge in [0.25, 0.3) is 0 Å². The SMILES string of the molecule is CC[C@@H]1C[C@H]1Nc1ncc2c(C3CCN(C(=O)C4CCCCC4)CC3)cn(C3CCC(O)CC3)c2n1.CC[C@H]1C[C@@H]1Nc1ncc2c(C3CCN(C(=O)C4CCCCC4)CC3)cn(C3CCC(O)CC3)c2n1.CC[C@H]1C[C@@H]1Nc1ncc2c(C3CCN(C(=O)C4CCCCC4)CC3)cn(C3CCC(O)CC3)c2n1.S. The molecule has 18 rings (SSSR count). The van der Waals surface area contributed by atoms with Crippen molar-refractivity contribution in [2.24, 2.45) is 35.5 Å². The van der Waals surface area contributed by atoms with E-state index in [0.717, 1.165) is 246 Å². The second-order valence-electron chi connectivity index (χ2n) is 35.9. The van der Waals surface area contributed by atoms with Crippen molar-refractivity contribution in [1.29, 1.82) is 0 Å². The first-order valence-corrected chi connectivity index (χ1v) is 44.1. The Morgan fingerprint density at radius 3 is 0.835 bits per heavy atom. The first-order valence-electron chi connectivity index (χ1n) is 44.1. The molecule has 12 fully saturated rings. The minimum absolute atomic E-state index is 0. The van der Waals surface area contributed by atoms with Gasteiger partial charge in [-0.2, -0.15) is 28.4 Å². The number of hydrogen-bond acceptors (Lipinski definition) is 15. The van der Waals surface area contributed by atoms with Crippen LogP contribution in [0.4, 0.5) is 17.8 Å². The van der Waals surface area contributed by atoms with E-state index < -0.39 is 0 Å². The Morgan fingerprint density at radius 2 is 0.606 bits per heavy atom. The molecule has 0 spiro atoms. The van der Waals surface area contributed by atoms with E-state index in [9.17, 15) is 29.7 Å². The molecular formula is C87H131N15O6S. The average molecular weight is 1520 g/mol. The molecule has 12 aliphatic rings. The van der Waals surface area contributed by atoms with Crippen molar-refractivity contribution in [3.63, 3.8) is 0 Å². The lowest BCUT2D eigenvalue weighted by atomic mass is 9.86. The molecule has 0 radical (unpaired) electrons. The van der Waals surface area contributed by atoms with Crippen molar-refractivity contribution in [2.75, 3.05) is 55.2 Å². The molecule has 21 nitrogen and oxygen atoms in total. The maximum absolute atomic E-state index is 13.1. The highest BCUT2D eigenvalue weighted by atomic mass is 32.1. The molecule has 6 N–H and O–H groups in total. The molecule has 0 aromatic carbocycles. The van der Waals surface area contributed by atoms with Crippen LogP contribution in [0.5, 0.6) is 0 Å². The third kappa shape index (κ3) is 18.1. The zero-order valence-corrected chi connectivity index (χ0v) is 67.1. The molecule has 9 saturated carbocycles. The number of nitrogens with zero attached hydrogens (tertiary/aromatic N) is 12. The van der Waals surface area contributed by atoms with Crippen LogP contribution in [0.15, 0.2) is 37.2 Å². The van der Waals surface area contributed by atoms with Crippen molar-refractivity contribution in [3.8, 4) is 0 Å². The lowest BCUT2D eigenvalue weighted by Gasteiger charge is -2.35. The number of likely N-dealkylation sites (tertiary alicyclic amines) is 3. The minimum Gasteiger partial charge on any atom is -0.393 e. The Bertz CT molecular complexity index is 3600. The highest BCUT2D eigenvalue weighted by Gasteiger charge is 2.41. The molecule has 6 aromatic heterocycles. The van der Waals surface area contributed by atoms with Gasteiger partial charge in [0, 0.05) is 147 Å². The van der Waals surface area contributed by atoms with E-state index in [-0.39, 0.29) is 49.6 Å². The maximum Gasteiger partial charge on any atom is 0.225 e. The van der Waals surface area contributed by atoms with Gasteiger partial charge in [0.15, 0.2) is 0 Å². The highest BCUT2D eigenvalue weighted by molar-refractivity contribution is 7.59. The normalized spacial score (nSPS) is 29.7. The monoisotopic (exact) mass is 1510 g/mol. The number of aliphatic hydroxyl groups is 3. The van der Waals surface area contributed by atoms with Gasteiger partial charge in [-0.15, -0.1) is 0 Å². The molecule has 22 heteroatoms. The molecular weight excluding hydrogens is 1380 g/mol. The van der Waals surface area contributed by atoms with Crippen LogP contribution in [-0.2, 0) is 14.4 Å². The predicted molar refractivity (Wildman–Crippen MR) is 436 cm³/mol. The van der Waals surface area contributed by atoms with Crippen molar-refractivity contribution < 1.29 is 29.7 Å². The zero-order valence-electron chi connectivity index (χ0n) is 66.1.